The summed E-state index contributed by atoms with van der Waals surface area (Å²) in [5, 5.41) is 0. The van der Waals surface area contributed by atoms with Crippen LogP contribution in [0.2, 0.25) is 0 Å². The molecular weight excluding hydrogens is 326 g/mol. The lowest BCUT2D eigenvalue weighted by Gasteiger charge is -2.37. The van der Waals surface area contributed by atoms with Gasteiger partial charge in [-0.1, -0.05) is 0 Å². The minimum Gasteiger partial charge on any atom is -0.444 e. The van der Waals surface area contributed by atoms with Crippen LogP contribution in [0.15, 0.2) is 15.2 Å². The minimum absolute atomic E-state index is 0.0120. The largest absolute Gasteiger partial charge is 0.444 e. The number of carbonyl (C=O) groups excluding carboxylic acids is 1. The first-order valence-electron chi connectivity index (χ1n) is 6.97. The summed E-state index contributed by atoms with van der Waals surface area (Å²) < 4.78 is 17.2. The molecule has 2 aliphatic heterocycles. The summed E-state index contributed by atoms with van der Waals surface area (Å²) in [5.74, 6) is 0.332. The molecule has 0 bridgehead atoms. The molecule has 0 radical (unpaired) electrons. The van der Waals surface area contributed by atoms with Gasteiger partial charge in [0.25, 0.3) is 5.91 Å². The fourth-order valence-corrected chi connectivity index (χ4v) is 3.38. The first-order valence-corrected chi connectivity index (χ1v) is 7.76. The van der Waals surface area contributed by atoms with Crippen molar-refractivity contribution < 1.29 is 18.7 Å². The van der Waals surface area contributed by atoms with Gasteiger partial charge in [-0.25, -0.2) is 0 Å². The lowest BCUT2D eigenvalue weighted by molar-refractivity contribution is -0.101. The predicted octanol–water partition coefficient (Wildman–Crippen LogP) is 2.72. The number of amides is 1. The predicted molar refractivity (Wildman–Crippen MR) is 75.5 cm³/mol. The van der Waals surface area contributed by atoms with Gasteiger partial charge in [0.05, 0.1) is 19.3 Å². The minimum atomic E-state index is -0.294. The summed E-state index contributed by atoms with van der Waals surface area (Å²) in [6.07, 6.45) is 2.73. The van der Waals surface area contributed by atoms with Crippen LogP contribution in [0.3, 0.4) is 0 Å². The van der Waals surface area contributed by atoms with Gasteiger partial charge in [0.15, 0.2) is 16.7 Å². The molecule has 3 heterocycles. The molecule has 3 rings (SSSR count). The Balaban J connectivity index is 1.82. The highest BCUT2D eigenvalue weighted by molar-refractivity contribution is 9.10. The molecule has 1 amide bonds. The molecule has 5 nitrogen and oxygen atoms in total. The Bertz CT molecular complexity index is 495. The maximum absolute atomic E-state index is 12.7. The molecule has 2 aliphatic rings. The molecule has 110 valence electrons. The van der Waals surface area contributed by atoms with Crippen LogP contribution in [0, 0.1) is 6.92 Å². The smallest absolute Gasteiger partial charge is 0.290 e. The van der Waals surface area contributed by atoms with E-state index in [1.54, 1.807) is 0 Å². The molecule has 0 spiro atoms. The number of ether oxygens (including phenoxy) is 2. The van der Waals surface area contributed by atoms with E-state index >= 15 is 0 Å². The Morgan fingerprint density at radius 3 is 2.75 bits per heavy atom. The van der Waals surface area contributed by atoms with E-state index in [2.05, 4.69) is 15.9 Å². The number of halogens is 1. The van der Waals surface area contributed by atoms with Crippen LogP contribution in [-0.4, -0.2) is 42.9 Å². The van der Waals surface area contributed by atoms with Crippen molar-refractivity contribution in [3.05, 3.63) is 22.1 Å². The number of furan rings is 1. The highest BCUT2D eigenvalue weighted by Crippen LogP contribution is 2.28. The lowest BCUT2D eigenvalue weighted by Crippen LogP contribution is -2.50. The van der Waals surface area contributed by atoms with Crippen molar-refractivity contribution in [1.29, 1.82) is 0 Å². The summed E-state index contributed by atoms with van der Waals surface area (Å²) in [6, 6.07) is 1.80. The Labute approximate surface area is 126 Å². The maximum Gasteiger partial charge on any atom is 0.290 e. The second-order valence-corrected chi connectivity index (χ2v) is 6.02. The molecule has 1 aromatic heterocycles. The second-order valence-electron chi connectivity index (χ2n) is 5.23. The SMILES string of the molecule is Cc1cc(Br)oc1C(=O)N1CCCCC1C1OCCO1. The van der Waals surface area contributed by atoms with E-state index in [9.17, 15) is 4.79 Å². The molecular formula is C14H18BrNO4. The van der Waals surface area contributed by atoms with Gasteiger partial charge in [0.2, 0.25) is 0 Å². The van der Waals surface area contributed by atoms with Crippen molar-refractivity contribution in [1.82, 2.24) is 4.90 Å². The number of rotatable bonds is 2. The van der Waals surface area contributed by atoms with E-state index in [1.165, 1.54) is 0 Å². The summed E-state index contributed by atoms with van der Waals surface area (Å²) in [4.78, 5) is 14.5. The number of hydrogen-bond acceptors (Lipinski definition) is 4. The lowest BCUT2D eigenvalue weighted by atomic mass is 10.0. The topological polar surface area (TPSA) is 51.9 Å². The first kappa shape index (κ1) is 14.1. The maximum atomic E-state index is 12.7. The molecule has 0 N–H and O–H groups in total. The Morgan fingerprint density at radius 1 is 1.35 bits per heavy atom. The highest BCUT2D eigenvalue weighted by atomic mass is 79.9. The summed E-state index contributed by atoms with van der Waals surface area (Å²) in [6.45, 7) is 3.82. The molecule has 1 unspecified atom stereocenters. The zero-order valence-corrected chi connectivity index (χ0v) is 13.0. The van der Waals surface area contributed by atoms with Gasteiger partial charge in [0.1, 0.15) is 0 Å². The number of carbonyl (C=O) groups is 1. The van der Waals surface area contributed by atoms with Gasteiger partial charge in [0, 0.05) is 12.1 Å². The molecule has 1 aromatic rings. The fourth-order valence-electron chi connectivity index (χ4n) is 2.88. The molecule has 20 heavy (non-hydrogen) atoms. The van der Waals surface area contributed by atoms with Crippen molar-refractivity contribution in [3.63, 3.8) is 0 Å². The quantitative estimate of drug-likeness (QED) is 0.828. The fraction of sp³-hybridized carbons (Fsp3) is 0.643. The Morgan fingerprint density at radius 2 is 2.10 bits per heavy atom. The number of nitrogens with zero attached hydrogens (tertiary/aromatic N) is 1. The van der Waals surface area contributed by atoms with Crippen molar-refractivity contribution >= 4 is 21.8 Å². The standard InChI is InChI=1S/C14H18BrNO4/c1-9-8-11(15)20-12(9)13(17)16-5-3-2-4-10(16)14-18-6-7-19-14/h8,10,14H,2-7H2,1H3. The molecule has 2 fully saturated rings. The molecule has 2 saturated heterocycles. The summed E-state index contributed by atoms with van der Waals surface area (Å²) in [5.41, 5.74) is 0.847. The van der Waals surface area contributed by atoms with Crippen molar-refractivity contribution in [2.75, 3.05) is 19.8 Å². The monoisotopic (exact) mass is 343 g/mol. The number of hydrogen-bond donors (Lipinski definition) is 0. The third-order valence-electron chi connectivity index (χ3n) is 3.85. The molecule has 1 atom stereocenters. The summed E-state index contributed by atoms with van der Waals surface area (Å²) in [7, 11) is 0. The molecule has 6 heteroatoms. The van der Waals surface area contributed by atoms with Crippen molar-refractivity contribution in [2.45, 2.75) is 38.5 Å². The van der Waals surface area contributed by atoms with E-state index in [0.29, 0.717) is 23.6 Å². The van der Waals surface area contributed by atoms with Crippen LogP contribution in [-0.2, 0) is 9.47 Å². The van der Waals surface area contributed by atoms with Crippen molar-refractivity contribution in [3.8, 4) is 0 Å². The van der Waals surface area contributed by atoms with Crippen LogP contribution in [0.25, 0.3) is 0 Å². The van der Waals surface area contributed by atoms with E-state index in [-0.39, 0.29) is 18.2 Å². The van der Waals surface area contributed by atoms with Crippen LogP contribution < -0.4 is 0 Å². The van der Waals surface area contributed by atoms with E-state index in [1.807, 2.05) is 17.9 Å². The molecule has 0 aliphatic carbocycles. The van der Waals surface area contributed by atoms with Crippen LogP contribution in [0.1, 0.15) is 35.4 Å². The average molecular weight is 344 g/mol. The van der Waals surface area contributed by atoms with Gasteiger partial charge in [-0.05, 0) is 48.2 Å². The molecule has 0 saturated carbocycles. The van der Waals surface area contributed by atoms with E-state index < -0.39 is 0 Å². The van der Waals surface area contributed by atoms with Gasteiger partial charge >= 0.3 is 0 Å². The van der Waals surface area contributed by atoms with Gasteiger partial charge in [-0.15, -0.1) is 0 Å². The van der Waals surface area contributed by atoms with Crippen LogP contribution in [0.4, 0.5) is 0 Å². The number of likely N-dealkylation sites (tertiary alicyclic amines) is 1. The Kier molecular flexibility index (Phi) is 4.14. The number of aryl methyl sites for hydroxylation is 1. The number of piperidine rings is 1. The second kappa shape index (κ2) is 5.87. The zero-order valence-electron chi connectivity index (χ0n) is 11.4. The zero-order chi connectivity index (χ0) is 14.1. The normalized spacial score (nSPS) is 24.3. The first-order chi connectivity index (χ1) is 9.66. The van der Waals surface area contributed by atoms with Gasteiger partial charge < -0.3 is 18.8 Å². The average Bonchev–Trinajstić information content (AvgIpc) is 3.07. The van der Waals surface area contributed by atoms with Gasteiger partial charge in [-0.2, -0.15) is 0 Å². The van der Waals surface area contributed by atoms with Crippen molar-refractivity contribution in [2.24, 2.45) is 0 Å². The third-order valence-corrected chi connectivity index (χ3v) is 4.24. The van der Waals surface area contributed by atoms with Crippen LogP contribution in [0.5, 0.6) is 0 Å². The Hall–Kier alpha value is -0.850. The molecule has 0 aromatic carbocycles. The highest BCUT2D eigenvalue weighted by Gasteiger charge is 2.37. The summed E-state index contributed by atoms with van der Waals surface area (Å²) >= 11 is 3.27. The third kappa shape index (κ3) is 2.64. The van der Waals surface area contributed by atoms with Gasteiger partial charge in [-0.3, -0.25) is 4.79 Å². The van der Waals surface area contributed by atoms with E-state index in [0.717, 1.165) is 31.4 Å². The van der Waals surface area contributed by atoms with E-state index in [4.69, 9.17) is 13.9 Å². The van der Waals surface area contributed by atoms with Crippen LogP contribution >= 0.6 is 15.9 Å².